The fourth-order valence-corrected chi connectivity index (χ4v) is 4.71. The highest BCUT2D eigenvalue weighted by Crippen LogP contribution is 2.38. The van der Waals surface area contributed by atoms with Crippen LogP contribution in [0.5, 0.6) is 11.5 Å². The van der Waals surface area contributed by atoms with Crippen molar-refractivity contribution in [2.45, 2.75) is 39.5 Å². The SMILES string of the molecule is CCOc1ccc(C=CC(=O)Nc2sc3c(c2C(N)=O)CCCC3)cc1OCC. The molecule has 3 N–H and O–H groups in total. The molecule has 2 amide bonds. The number of anilines is 1. The highest BCUT2D eigenvalue weighted by Gasteiger charge is 2.24. The Morgan fingerprint density at radius 3 is 2.59 bits per heavy atom. The van der Waals surface area contributed by atoms with Crippen LogP contribution in [-0.4, -0.2) is 25.0 Å². The maximum absolute atomic E-state index is 12.5. The van der Waals surface area contributed by atoms with Crippen molar-refractivity contribution in [3.05, 3.63) is 45.8 Å². The standard InChI is InChI=1S/C22H26N2O4S/c1-3-27-16-11-9-14(13-17(16)28-4-2)10-12-19(25)24-22-20(21(23)26)15-7-5-6-8-18(15)29-22/h9-13H,3-8H2,1-2H3,(H2,23,26)(H,24,25). The third kappa shape index (κ3) is 4.98. The molecular formula is C22H26N2O4S. The predicted octanol–water partition coefficient (Wildman–Crippen LogP) is 4.18. The van der Waals surface area contributed by atoms with E-state index in [1.54, 1.807) is 6.08 Å². The average molecular weight is 415 g/mol. The molecule has 0 saturated heterocycles. The number of ether oxygens (including phenoxy) is 2. The summed E-state index contributed by atoms with van der Waals surface area (Å²) >= 11 is 1.45. The lowest BCUT2D eigenvalue weighted by Gasteiger charge is -2.11. The smallest absolute Gasteiger partial charge is 0.251 e. The van der Waals surface area contributed by atoms with Crippen LogP contribution >= 0.6 is 11.3 Å². The lowest BCUT2D eigenvalue weighted by Crippen LogP contribution is -2.17. The van der Waals surface area contributed by atoms with Crippen molar-refractivity contribution < 1.29 is 19.1 Å². The van der Waals surface area contributed by atoms with Crippen LogP contribution < -0.4 is 20.5 Å². The average Bonchev–Trinajstić information content (AvgIpc) is 3.06. The number of amides is 2. The molecule has 0 radical (unpaired) electrons. The molecule has 7 heteroatoms. The summed E-state index contributed by atoms with van der Waals surface area (Å²) in [5, 5.41) is 3.37. The summed E-state index contributed by atoms with van der Waals surface area (Å²) in [7, 11) is 0. The van der Waals surface area contributed by atoms with E-state index in [9.17, 15) is 9.59 Å². The summed E-state index contributed by atoms with van der Waals surface area (Å²) in [5.74, 6) is 0.513. The van der Waals surface area contributed by atoms with Crippen LogP contribution in [-0.2, 0) is 17.6 Å². The zero-order valence-corrected chi connectivity index (χ0v) is 17.6. The second kappa shape index (κ2) is 9.60. The summed E-state index contributed by atoms with van der Waals surface area (Å²) in [6, 6.07) is 5.51. The van der Waals surface area contributed by atoms with Crippen molar-refractivity contribution in [3.63, 3.8) is 0 Å². The summed E-state index contributed by atoms with van der Waals surface area (Å²) in [4.78, 5) is 25.5. The molecule has 1 heterocycles. The van der Waals surface area contributed by atoms with E-state index in [4.69, 9.17) is 15.2 Å². The minimum Gasteiger partial charge on any atom is -0.490 e. The second-order valence-corrected chi connectivity index (χ2v) is 7.78. The number of benzene rings is 1. The molecule has 154 valence electrons. The molecule has 1 aliphatic carbocycles. The van der Waals surface area contributed by atoms with Crippen molar-refractivity contribution in [2.24, 2.45) is 5.73 Å². The van der Waals surface area contributed by atoms with Gasteiger partial charge in [0.1, 0.15) is 5.00 Å². The molecule has 6 nitrogen and oxygen atoms in total. The van der Waals surface area contributed by atoms with Crippen LogP contribution in [0.4, 0.5) is 5.00 Å². The van der Waals surface area contributed by atoms with Gasteiger partial charge in [-0.3, -0.25) is 9.59 Å². The fraction of sp³-hybridized carbons (Fsp3) is 0.364. The predicted molar refractivity (Wildman–Crippen MR) is 116 cm³/mol. The second-order valence-electron chi connectivity index (χ2n) is 6.67. The van der Waals surface area contributed by atoms with E-state index in [0.29, 0.717) is 35.3 Å². The molecule has 0 bridgehead atoms. The number of nitrogens with two attached hydrogens (primary N) is 1. The first-order valence-corrected chi connectivity index (χ1v) is 10.7. The third-order valence-electron chi connectivity index (χ3n) is 4.65. The number of rotatable bonds is 8. The Labute approximate surface area is 174 Å². The van der Waals surface area contributed by atoms with Gasteiger partial charge >= 0.3 is 0 Å². The normalized spacial score (nSPS) is 13.2. The van der Waals surface area contributed by atoms with Crippen LogP contribution in [0.1, 0.15) is 53.1 Å². The van der Waals surface area contributed by atoms with Gasteiger partial charge in [0.05, 0.1) is 18.8 Å². The Hall–Kier alpha value is -2.80. The van der Waals surface area contributed by atoms with Gasteiger partial charge in [0.2, 0.25) is 5.91 Å². The van der Waals surface area contributed by atoms with E-state index in [1.807, 2.05) is 32.0 Å². The van der Waals surface area contributed by atoms with Crippen molar-refractivity contribution in [1.82, 2.24) is 0 Å². The van der Waals surface area contributed by atoms with Gasteiger partial charge in [-0.25, -0.2) is 0 Å². The minimum atomic E-state index is -0.489. The number of fused-ring (bicyclic) bond motifs is 1. The zero-order chi connectivity index (χ0) is 20.8. The van der Waals surface area contributed by atoms with Crippen molar-refractivity contribution in [2.75, 3.05) is 18.5 Å². The van der Waals surface area contributed by atoms with Gasteiger partial charge in [0, 0.05) is 11.0 Å². The number of hydrogen-bond donors (Lipinski definition) is 2. The van der Waals surface area contributed by atoms with Crippen LogP contribution in [0.15, 0.2) is 24.3 Å². The Morgan fingerprint density at radius 1 is 1.14 bits per heavy atom. The van der Waals surface area contributed by atoms with Gasteiger partial charge in [0.25, 0.3) is 5.91 Å². The molecule has 0 atom stereocenters. The van der Waals surface area contributed by atoms with Gasteiger partial charge in [-0.15, -0.1) is 11.3 Å². The summed E-state index contributed by atoms with van der Waals surface area (Å²) in [5.41, 5.74) is 7.86. The Bertz CT molecular complexity index is 933. The molecule has 3 rings (SSSR count). The highest BCUT2D eigenvalue weighted by molar-refractivity contribution is 7.17. The number of aryl methyl sites for hydroxylation is 1. The minimum absolute atomic E-state index is 0.307. The molecular weight excluding hydrogens is 388 g/mol. The van der Waals surface area contributed by atoms with E-state index in [-0.39, 0.29) is 5.91 Å². The molecule has 0 saturated carbocycles. The van der Waals surface area contributed by atoms with Crippen LogP contribution in [0.2, 0.25) is 0 Å². The topological polar surface area (TPSA) is 90.6 Å². The van der Waals surface area contributed by atoms with Crippen LogP contribution in [0, 0.1) is 0 Å². The first kappa shape index (κ1) is 20.9. The molecule has 0 fully saturated rings. The first-order chi connectivity index (χ1) is 14.0. The number of carbonyl (C=O) groups excluding carboxylic acids is 2. The molecule has 29 heavy (non-hydrogen) atoms. The zero-order valence-electron chi connectivity index (χ0n) is 16.7. The number of hydrogen-bond acceptors (Lipinski definition) is 5. The van der Waals surface area contributed by atoms with E-state index >= 15 is 0 Å². The van der Waals surface area contributed by atoms with E-state index < -0.39 is 5.91 Å². The number of primary amides is 1. The van der Waals surface area contributed by atoms with Gasteiger partial charge in [-0.2, -0.15) is 0 Å². The maximum Gasteiger partial charge on any atom is 0.251 e. The highest BCUT2D eigenvalue weighted by atomic mass is 32.1. The number of nitrogens with one attached hydrogen (secondary N) is 1. The van der Waals surface area contributed by atoms with Crippen molar-refractivity contribution >= 4 is 34.2 Å². The monoisotopic (exact) mass is 414 g/mol. The van der Waals surface area contributed by atoms with E-state index in [2.05, 4.69) is 5.32 Å². The summed E-state index contributed by atoms with van der Waals surface area (Å²) in [6.07, 6.45) is 7.04. The molecule has 2 aromatic rings. The summed E-state index contributed by atoms with van der Waals surface area (Å²) in [6.45, 7) is 4.89. The molecule has 1 aromatic carbocycles. The summed E-state index contributed by atoms with van der Waals surface area (Å²) < 4.78 is 11.2. The van der Waals surface area contributed by atoms with E-state index in [1.165, 1.54) is 17.4 Å². The van der Waals surface area contributed by atoms with Crippen molar-refractivity contribution in [1.29, 1.82) is 0 Å². The lowest BCUT2D eigenvalue weighted by molar-refractivity contribution is -0.111. The Morgan fingerprint density at radius 2 is 1.86 bits per heavy atom. The molecule has 1 aromatic heterocycles. The number of thiophene rings is 1. The largest absolute Gasteiger partial charge is 0.490 e. The van der Waals surface area contributed by atoms with E-state index in [0.717, 1.165) is 41.7 Å². The van der Waals surface area contributed by atoms with Crippen molar-refractivity contribution in [3.8, 4) is 11.5 Å². The number of carbonyl (C=O) groups is 2. The van der Waals surface area contributed by atoms with Crippen LogP contribution in [0.25, 0.3) is 6.08 Å². The quantitative estimate of drug-likeness (QED) is 0.634. The molecule has 0 spiro atoms. The molecule has 0 aliphatic heterocycles. The molecule has 0 unspecified atom stereocenters. The third-order valence-corrected chi connectivity index (χ3v) is 5.86. The maximum atomic E-state index is 12.5. The van der Waals surface area contributed by atoms with Gasteiger partial charge in [-0.05, 0) is 68.9 Å². The first-order valence-electron chi connectivity index (χ1n) is 9.86. The fourth-order valence-electron chi connectivity index (χ4n) is 3.41. The van der Waals surface area contributed by atoms with Crippen LogP contribution in [0.3, 0.4) is 0 Å². The Balaban J connectivity index is 1.76. The molecule has 1 aliphatic rings. The van der Waals surface area contributed by atoms with Gasteiger partial charge < -0.3 is 20.5 Å². The van der Waals surface area contributed by atoms with Gasteiger partial charge in [-0.1, -0.05) is 6.07 Å². The van der Waals surface area contributed by atoms with Gasteiger partial charge in [0.15, 0.2) is 11.5 Å². The Kier molecular flexibility index (Phi) is 6.93. The lowest BCUT2D eigenvalue weighted by atomic mass is 9.95.